The van der Waals surface area contributed by atoms with Crippen LogP contribution in [-0.4, -0.2) is 23.2 Å². The molecule has 1 amide bonds. The van der Waals surface area contributed by atoms with Crippen LogP contribution in [0.2, 0.25) is 0 Å². The van der Waals surface area contributed by atoms with E-state index in [2.05, 4.69) is 20.8 Å². The van der Waals surface area contributed by atoms with E-state index in [1.165, 1.54) is 25.5 Å². The number of anilines is 2. The van der Waals surface area contributed by atoms with E-state index < -0.39 is 17.6 Å². The van der Waals surface area contributed by atoms with E-state index in [4.69, 9.17) is 0 Å². The Morgan fingerprint density at radius 3 is 2.65 bits per heavy atom. The zero-order chi connectivity index (χ0) is 14.8. The van der Waals surface area contributed by atoms with Gasteiger partial charge in [-0.15, -0.1) is 0 Å². The van der Waals surface area contributed by atoms with Gasteiger partial charge in [0.05, 0.1) is 23.0 Å². The number of carbonyl (C=O) groups is 1. The molecule has 5 nitrogen and oxygen atoms in total. The fourth-order valence-corrected chi connectivity index (χ4v) is 1.64. The molecule has 1 aromatic carbocycles. The lowest BCUT2D eigenvalue weighted by atomic mass is 10.1. The molecule has 1 aromatic heterocycles. The van der Waals surface area contributed by atoms with Crippen LogP contribution in [0.3, 0.4) is 0 Å². The number of nitrogens with one attached hydrogen (secondary N) is 3. The van der Waals surface area contributed by atoms with Crippen molar-refractivity contribution in [3.05, 3.63) is 41.7 Å². The zero-order valence-corrected chi connectivity index (χ0v) is 10.4. The van der Waals surface area contributed by atoms with Gasteiger partial charge >= 0.3 is 6.18 Å². The smallest absolute Gasteiger partial charge is 0.387 e. The number of rotatable bonds is 3. The first kappa shape index (κ1) is 13.9. The average Bonchev–Trinajstić information content (AvgIpc) is 2.89. The molecule has 0 radical (unpaired) electrons. The van der Waals surface area contributed by atoms with Crippen molar-refractivity contribution in [3.63, 3.8) is 0 Å². The quantitative estimate of drug-likeness (QED) is 0.811. The second-order valence-corrected chi connectivity index (χ2v) is 3.95. The molecule has 0 saturated heterocycles. The van der Waals surface area contributed by atoms with Crippen molar-refractivity contribution < 1.29 is 18.0 Å². The minimum Gasteiger partial charge on any atom is -0.387 e. The lowest BCUT2D eigenvalue weighted by Crippen LogP contribution is -2.15. The van der Waals surface area contributed by atoms with Gasteiger partial charge in [-0.05, 0) is 18.2 Å². The van der Waals surface area contributed by atoms with Crippen LogP contribution >= 0.6 is 0 Å². The molecular weight excluding hydrogens is 273 g/mol. The molecular formula is C12H11F3N4O. The summed E-state index contributed by atoms with van der Waals surface area (Å²) in [6, 6.07) is 2.94. The number of hydrogen-bond donors (Lipinski definition) is 3. The number of aromatic nitrogens is 2. The number of halogens is 3. The summed E-state index contributed by atoms with van der Waals surface area (Å²) >= 11 is 0. The van der Waals surface area contributed by atoms with Crippen LogP contribution in [0.25, 0.3) is 0 Å². The molecule has 0 aliphatic rings. The number of carbonyl (C=O) groups excluding carboxylic acids is 1. The summed E-state index contributed by atoms with van der Waals surface area (Å²) in [6.45, 7) is 0. The van der Waals surface area contributed by atoms with Crippen molar-refractivity contribution in [2.45, 2.75) is 6.18 Å². The summed E-state index contributed by atoms with van der Waals surface area (Å²) in [7, 11) is 1.53. The SMILES string of the molecule is CNc1ccc(C(F)(F)F)cc1C(=O)Nc1cn[nH]c1. The third-order valence-corrected chi connectivity index (χ3v) is 2.62. The number of nitrogens with zero attached hydrogens (tertiary/aromatic N) is 1. The Kier molecular flexibility index (Phi) is 3.64. The zero-order valence-electron chi connectivity index (χ0n) is 10.4. The third-order valence-electron chi connectivity index (χ3n) is 2.62. The molecule has 1 heterocycles. The molecule has 8 heteroatoms. The van der Waals surface area contributed by atoms with Crippen molar-refractivity contribution >= 4 is 17.3 Å². The molecule has 0 saturated carbocycles. The molecule has 0 unspecified atom stereocenters. The third kappa shape index (κ3) is 2.90. The largest absolute Gasteiger partial charge is 0.416 e. The predicted octanol–water partition coefficient (Wildman–Crippen LogP) is 2.72. The van der Waals surface area contributed by atoms with Gasteiger partial charge < -0.3 is 10.6 Å². The Morgan fingerprint density at radius 2 is 2.10 bits per heavy atom. The summed E-state index contributed by atoms with van der Waals surface area (Å²) in [5.41, 5.74) is -0.300. The van der Waals surface area contributed by atoms with Gasteiger partial charge in [-0.3, -0.25) is 9.89 Å². The Morgan fingerprint density at radius 1 is 1.35 bits per heavy atom. The monoisotopic (exact) mass is 284 g/mol. The molecule has 0 aliphatic carbocycles. The lowest BCUT2D eigenvalue weighted by molar-refractivity contribution is -0.137. The summed E-state index contributed by atoms with van der Waals surface area (Å²) < 4.78 is 38.0. The fourth-order valence-electron chi connectivity index (χ4n) is 1.64. The first-order valence-electron chi connectivity index (χ1n) is 5.61. The van der Waals surface area contributed by atoms with Crippen molar-refractivity contribution in [2.24, 2.45) is 0 Å². The number of amides is 1. The number of hydrogen-bond acceptors (Lipinski definition) is 3. The summed E-state index contributed by atoms with van der Waals surface area (Å²) in [5, 5.41) is 11.3. The molecule has 2 aromatic rings. The van der Waals surface area contributed by atoms with Crippen LogP contribution in [0.5, 0.6) is 0 Å². The highest BCUT2D eigenvalue weighted by Crippen LogP contribution is 2.32. The Balaban J connectivity index is 2.35. The number of alkyl halides is 3. The fraction of sp³-hybridized carbons (Fsp3) is 0.167. The van der Waals surface area contributed by atoms with Gasteiger partial charge in [0.2, 0.25) is 0 Å². The molecule has 0 atom stereocenters. The molecule has 3 N–H and O–H groups in total. The van der Waals surface area contributed by atoms with Crippen molar-refractivity contribution in [1.82, 2.24) is 10.2 Å². The van der Waals surface area contributed by atoms with E-state index in [0.717, 1.165) is 12.1 Å². The predicted molar refractivity (Wildman–Crippen MR) is 67.5 cm³/mol. The van der Waals surface area contributed by atoms with E-state index in [1.807, 2.05) is 0 Å². The van der Waals surface area contributed by atoms with E-state index >= 15 is 0 Å². The Bertz CT molecular complexity index is 608. The first-order valence-corrected chi connectivity index (χ1v) is 5.61. The van der Waals surface area contributed by atoms with E-state index in [1.54, 1.807) is 0 Å². The number of H-pyrrole nitrogens is 1. The van der Waals surface area contributed by atoms with Gasteiger partial charge in [0.25, 0.3) is 5.91 Å². The summed E-state index contributed by atoms with van der Waals surface area (Å²) in [4.78, 5) is 12.0. The summed E-state index contributed by atoms with van der Waals surface area (Å²) in [6.07, 6.45) is -1.73. The molecule has 0 aliphatic heterocycles. The van der Waals surface area contributed by atoms with Gasteiger partial charge in [-0.1, -0.05) is 0 Å². The van der Waals surface area contributed by atoms with Crippen LogP contribution in [0, 0.1) is 0 Å². The Labute approximate surface area is 112 Å². The van der Waals surface area contributed by atoms with Gasteiger partial charge in [0.15, 0.2) is 0 Å². The highest BCUT2D eigenvalue weighted by atomic mass is 19.4. The van der Waals surface area contributed by atoms with Gasteiger partial charge in [-0.2, -0.15) is 18.3 Å². The van der Waals surface area contributed by atoms with E-state index in [9.17, 15) is 18.0 Å². The minimum absolute atomic E-state index is 0.0940. The van der Waals surface area contributed by atoms with Crippen LogP contribution in [0.1, 0.15) is 15.9 Å². The normalized spacial score (nSPS) is 11.2. The number of benzene rings is 1. The second kappa shape index (κ2) is 5.24. The topological polar surface area (TPSA) is 69.8 Å². The Hall–Kier alpha value is -2.51. The van der Waals surface area contributed by atoms with Gasteiger partial charge in [-0.25, -0.2) is 0 Å². The lowest BCUT2D eigenvalue weighted by Gasteiger charge is -2.12. The standard InChI is InChI=1S/C12H11F3N4O/c1-16-10-3-2-7(12(13,14)15)4-9(10)11(20)19-8-5-17-18-6-8/h2-6,16H,1H3,(H,17,18)(H,19,20). The van der Waals surface area contributed by atoms with Crippen molar-refractivity contribution in [2.75, 3.05) is 17.7 Å². The number of aromatic amines is 1. The highest BCUT2D eigenvalue weighted by molar-refractivity contribution is 6.08. The molecule has 0 spiro atoms. The van der Waals surface area contributed by atoms with Gasteiger partial charge in [0.1, 0.15) is 0 Å². The maximum absolute atomic E-state index is 12.7. The van der Waals surface area contributed by atoms with Crippen LogP contribution in [-0.2, 0) is 6.18 Å². The van der Waals surface area contributed by atoms with Crippen LogP contribution in [0.4, 0.5) is 24.5 Å². The van der Waals surface area contributed by atoms with Crippen molar-refractivity contribution in [1.29, 1.82) is 0 Å². The maximum atomic E-state index is 12.7. The first-order chi connectivity index (χ1) is 9.41. The second-order valence-electron chi connectivity index (χ2n) is 3.95. The molecule has 20 heavy (non-hydrogen) atoms. The minimum atomic E-state index is -4.50. The van der Waals surface area contributed by atoms with E-state index in [0.29, 0.717) is 11.4 Å². The summed E-state index contributed by atoms with van der Waals surface area (Å²) in [5.74, 6) is -0.651. The molecule has 2 rings (SSSR count). The molecule has 0 bridgehead atoms. The average molecular weight is 284 g/mol. The van der Waals surface area contributed by atoms with Crippen LogP contribution in [0.15, 0.2) is 30.6 Å². The molecule has 0 fully saturated rings. The van der Waals surface area contributed by atoms with E-state index in [-0.39, 0.29) is 5.56 Å². The molecule has 106 valence electrons. The maximum Gasteiger partial charge on any atom is 0.416 e. The van der Waals surface area contributed by atoms with Crippen LogP contribution < -0.4 is 10.6 Å². The van der Waals surface area contributed by atoms with Gasteiger partial charge in [0, 0.05) is 18.9 Å². The highest BCUT2D eigenvalue weighted by Gasteiger charge is 2.31. The van der Waals surface area contributed by atoms with Crippen molar-refractivity contribution in [3.8, 4) is 0 Å².